The number of rotatable bonds is 1. The lowest BCUT2D eigenvalue weighted by Gasteiger charge is -2.07. The lowest BCUT2D eigenvalue weighted by Crippen LogP contribution is -2.28. The molecule has 0 atom stereocenters. The summed E-state index contributed by atoms with van der Waals surface area (Å²) < 4.78 is 0. The number of terminal acetylenes is 1. The molecule has 0 aromatic rings. The molecule has 0 N–H and O–H groups in total. The van der Waals surface area contributed by atoms with Crippen LogP contribution >= 0.6 is 0 Å². The molecule has 0 fully saturated rings. The maximum Gasteiger partial charge on any atom is 0.0986 e. The Balaban J connectivity index is 3.40. The Hall–Kier alpha value is -0.00623. The average molecular weight is 128 g/mol. The highest BCUT2D eigenvalue weighted by molar-refractivity contribution is 7.25. The Bertz CT molecular complexity index is 83.2. The summed E-state index contributed by atoms with van der Waals surface area (Å²) in [6.45, 7) is 7.00. The van der Waals surface area contributed by atoms with E-state index in [0.717, 1.165) is 0 Å². The molecule has 0 bridgehead atoms. The third kappa shape index (κ3) is 5.99. The fraction of sp³-hybridized carbons (Fsp3) is 0.600. The monoisotopic (exact) mass is 128 g/mol. The molecule has 0 saturated heterocycles. The van der Waals surface area contributed by atoms with Gasteiger partial charge in [-0.2, -0.15) is 0 Å². The molecule has 0 aromatic carbocycles. The highest BCUT2D eigenvalue weighted by Crippen LogP contribution is 1.94. The normalized spacial score (nSPS) is 12.3. The average Bonchev–Trinajstić information content (AvgIpc) is 1.30. The second-order valence-electron chi connectivity index (χ2n) is 2.94. The van der Waals surface area contributed by atoms with Gasteiger partial charge in [-0.3, -0.25) is 0 Å². The first-order valence-electron chi connectivity index (χ1n) is 2.50. The summed E-state index contributed by atoms with van der Waals surface area (Å²) in [4.78, 5) is 0. The summed E-state index contributed by atoms with van der Waals surface area (Å²) in [6.07, 6.45) is 5.16. The van der Waals surface area contributed by atoms with Crippen LogP contribution in [0.1, 0.15) is 0 Å². The van der Waals surface area contributed by atoms with Crippen LogP contribution in [0.2, 0.25) is 19.6 Å². The van der Waals surface area contributed by atoms with Gasteiger partial charge in [0.05, 0.1) is 9.04 Å². The van der Waals surface area contributed by atoms with Gasteiger partial charge in [0.25, 0.3) is 0 Å². The SMILES string of the molecule is C#C[SiH2][Si](C)(C)C. The minimum atomic E-state index is -0.754. The molecular formula is C5H12Si2. The van der Waals surface area contributed by atoms with Gasteiger partial charge in [0.1, 0.15) is 0 Å². The van der Waals surface area contributed by atoms with Crippen LogP contribution in [-0.4, -0.2) is 16.6 Å². The molecule has 0 radical (unpaired) electrons. The smallest absolute Gasteiger partial charge is 0.0986 e. The summed E-state index contributed by atoms with van der Waals surface area (Å²) >= 11 is 0. The molecule has 0 aliphatic rings. The van der Waals surface area contributed by atoms with Crippen molar-refractivity contribution in [3.8, 4) is 12.0 Å². The second-order valence-corrected chi connectivity index (χ2v) is 16.2. The van der Waals surface area contributed by atoms with Gasteiger partial charge in [0, 0.05) is 7.59 Å². The van der Waals surface area contributed by atoms with E-state index in [4.69, 9.17) is 6.42 Å². The van der Waals surface area contributed by atoms with Crippen molar-refractivity contribution in [1.82, 2.24) is 0 Å². The fourth-order valence-electron chi connectivity index (χ4n) is 0.306. The predicted molar refractivity (Wildman–Crippen MR) is 40.7 cm³/mol. The van der Waals surface area contributed by atoms with Gasteiger partial charge in [0.15, 0.2) is 0 Å². The minimum absolute atomic E-state index is 0.0733. The minimum Gasteiger partial charge on any atom is -0.146 e. The highest BCUT2D eigenvalue weighted by Gasteiger charge is 2.09. The third-order valence-corrected chi connectivity index (χ3v) is 5.69. The van der Waals surface area contributed by atoms with Crippen LogP contribution < -0.4 is 0 Å². The van der Waals surface area contributed by atoms with Gasteiger partial charge in [-0.1, -0.05) is 19.6 Å². The van der Waals surface area contributed by atoms with E-state index in [1.165, 1.54) is 0 Å². The zero-order valence-electron chi connectivity index (χ0n) is 5.28. The Morgan fingerprint density at radius 1 is 1.43 bits per heavy atom. The molecule has 2 heteroatoms. The Kier molecular flexibility index (Phi) is 2.34. The molecule has 0 rings (SSSR count). The molecule has 0 unspecified atom stereocenters. The zero-order chi connectivity index (χ0) is 5.91. The van der Waals surface area contributed by atoms with E-state index >= 15 is 0 Å². The lowest BCUT2D eigenvalue weighted by molar-refractivity contribution is 1.86. The van der Waals surface area contributed by atoms with Crippen molar-refractivity contribution >= 4 is 16.6 Å². The molecular weight excluding hydrogens is 116 g/mol. The first-order chi connectivity index (χ1) is 3.06. The number of hydrogen-bond acceptors (Lipinski definition) is 0. The van der Waals surface area contributed by atoms with E-state index in [0.29, 0.717) is 0 Å². The molecule has 0 aromatic heterocycles. The Labute approximate surface area is 48.9 Å². The molecule has 0 saturated carbocycles. The van der Waals surface area contributed by atoms with Gasteiger partial charge in [-0.05, 0) is 0 Å². The van der Waals surface area contributed by atoms with Crippen LogP contribution in [0, 0.1) is 12.0 Å². The second kappa shape index (κ2) is 2.34. The maximum absolute atomic E-state index is 5.16. The highest BCUT2D eigenvalue weighted by atomic mass is 29.2. The summed E-state index contributed by atoms with van der Waals surface area (Å²) in [7, 11) is -0.828. The van der Waals surface area contributed by atoms with Crippen LogP contribution in [-0.2, 0) is 0 Å². The van der Waals surface area contributed by atoms with Crippen molar-refractivity contribution in [3.63, 3.8) is 0 Å². The molecule has 0 amide bonds. The zero-order valence-corrected chi connectivity index (χ0v) is 7.70. The fourth-order valence-corrected chi connectivity index (χ4v) is 2.76. The topological polar surface area (TPSA) is 0 Å². The van der Waals surface area contributed by atoms with Crippen LogP contribution in [0.15, 0.2) is 0 Å². The summed E-state index contributed by atoms with van der Waals surface area (Å²) in [5, 5.41) is 0. The standard InChI is InChI=1S/C5H12Si2/c1-5-6-7(2,3)4/h1H,6H2,2-4H3. The summed E-state index contributed by atoms with van der Waals surface area (Å²) in [5.41, 5.74) is 2.81. The predicted octanol–water partition coefficient (Wildman–Crippen LogP) is 0.581. The van der Waals surface area contributed by atoms with E-state index < -0.39 is 7.59 Å². The van der Waals surface area contributed by atoms with E-state index in [1.54, 1.807) is 0 Å². The van der Waals surface area contributed by atoms with Gasteiger partial charge in [0.2, 0.25) is 0 Å². The van der Waals surface area contributed by atoms with Crippen molar-refractivity contribution in [3.05, 3.63) is 0 Å². The van der Waals surface area contributed by atoms with E-state index in [1.807, 2.05) is 0 Å². The van der Waals surface area contributed by atoms with Crippen LogP contribution in [0.5, 0.6) is 0 Å². The molecule has 0 aliphatic heterocycles. The van der Waals surface area contributed by atoms with Gasteiger partial charge in [-0.15, -0.1) is 12.0 Å². The van der Waals surface area contributed by atoms with Crippen molar-refractivity contribution in [2.24, 2.45) is 0 Å². The Morgan fingerprint density at radius 3 is 1.86 bits per heavy atom. The van der Waals surface area contributed by atoms with Gasteiger partial charge < -0.3 is 0 Å². The van der Waals surface area contributed by atoms with E-state index in [2.05, 4.69) is 25.2 Å². The first kappa shape index (κ1) is 6.99. The van der Waals surface area contributed by atoms with Crippen LogP contribution in [0.3, 0.4) is 0 Å². The van der Waals surface area contributed by atoms with Gasteiger partial charge in [-0.25, -0.2) is 0 Å². The molecule has 40 valence electrons. The van der Waals surface area contributed by atoms with Gasteiger partial charge >= 0.3 is 0 Å². The molecule has 0 aliphatic carbocycles. The summed E-state index contributed by atoms with van der Waals surface area (Å²) in [6, 6.07) is 0. The van der Waals surface area contributed by atoms with Crippen LogP contribution in [0.4, 0.5) is 0 Å². The summed E-state index contributed by atoms with van der Waals surface area (Å²) in [5.74, 6) is 0. The van der Waals surface area contributed by atoms with Crippen molar-refractivity contribution in [2.45, 2.75) is 19.6 Å². The van der Waals surface area contributed by atoms with E-state index in [-0.39, 0.29) is 9.04 Å². The number of hydrogen-bond donors (Lipinski definition) is 0. The van der Waals surface area contributed by atoms with Crippen molar-refractivity contribution < 1.29 is 0 Å². The largest absolute Gasteiger partial charge is 0.146 e. The molecule has 0 spiro atoms. The van der Waals surface area contributed by atoms with E-state index in [9.17, 15) is 0 Å². The molecule has 7 heavy (non-hydrogen) atoms. The molecule has 0 heterocycles. The Morgan fingerprint density at radius 2 is 1.86 bits per heavy atom. The molecule has 0 nitrogen and oxygen atoms in total. The van der Waals surface area contributed by atoms with Crippen molar-refractivity contribution in [2.75, 3.05) is 0 Å². The third-order valence-electron chi connectivity index (χ3n) is 0.632. The lowest BCUT2D eigenvalue weighted by atomic mass is 11.4. The van der Waals surface area contributed by atoms with Crippen LogP contribution in [0.25, 0.3) is 0 Å². The quantitative estimate of drug-likeness (QED) is 0.358. The first-order valence-corrected chi connectivity index (χ1v) is 9.03. The maximum atomic E-state index is 5.16. The van der Waals surface area contributed by atoms with Crippen molar-refractivity contribution in [1.29, 1.82) is 0 Å².